The molecule has 3 aromatic heterocycles. The Bertz CT molecular complexity index is 1420. The van der Waals surface area contributed by atoms with Gasteiger partial charge in [-0.15, -0.1) is 0 Å². The molecule has 0 radical (unpaired) electrons. The predicted octanol–water partition coefficient (Wildman–Crippen LogP) is 1.58. The molecule has 3 heterocycles. The summed E-state index contributed by atoms with van der Waals surface area (Å²) in [5.41, 5.74) is 1.05. The summed E-state index contributed by atoms with van der Waals surface area (Å²) in [4.78, 5) is 49.3. The normalized spacial score (nSPS) is 11.7. The van der Waals surface area contributed by atoms with Gasteiger partial charge in [-0.3, -0.25) is 9.59 Å². The summed E-state index contributed by atoms with van der Waals surface area (Å²) >= 11 is 0. The van der Waals surface area contributed by atoms with Gasteiger partial charge in [0.15, 0.2) is 17.2 Å². The number of H-pyrrole nitrogens is 2. The topological polar surface area (TPSA) is 140 Å². The number of pyridine rings is 1. The van der Waals surface area contributed by atoms with E-state index in [9.17, 15) is 27.6 Å². The Morgan fingerprint density at radius 1 is 1.07 bits per heavy atom. The van der Waals surface area contributed by atoms with Crippen LogP contribution in [0.4, 0.5) is 13.2 Å². The summed E-state index contributed by atoms with van der Waals surface area (Å²) in [7, 11) is 0. The molecule has 0 aliphatic carbocycles. The third-order valence-corrected chi connectivity index (χ3v) is 4.28. The van der Waals surface area contributed by atoms with Crippen molar-refractivity contribution in [3.63, 3.8) is 0 Å². The number of aromatic nitrogens is 5. The number of hydrogen-bond acceptors (Lipinski definition) is 5. The molecule has 0 unspecified atom stereocenters. The van der Waals surface area contributed by atoms with Gasteiger partial charge >= 0.3 is 11.9 Å². The third kappa shape index (κ3) is 3.03. The van der Waals surface area contributed by atoms with Crippen molar-refractivity contribution in [3.8, 4) is 17.1 Å². The minimum absolute atomic E-state index is 0.0637. The van der Waals surface area contributed by atoms with Crippen molar-refractivity contribution in [2.75, 3.05) is 0 Å². The number of primary amides is 1. The summed E-state index contributed by atoms with van der Waals surface area (Å²) < 4.78 is 41.2. The molecular weight excluding hydrogens is 405 g/mol. The van der Waals surface area contributed by atoms with Crippen molar-refractivity contribution >= 4 is 17.1 Å². The maximum absolute atomic E-state index is 13.5. The number of nitrogens with two attached hydrogens (primary N) is 1. The quantitative estimate of drug-likeness (QED) is 0.465. The van der Waals surface area contributed by atoms with Crippen LogP contribution in [0, 0.1) is 0 Å². The fourth-order valence-electron chi connectivity index (χ4n) is 3.01. The maximum atomic E-state index is 13.5. The van der Waals surface area contributed by atoms with E-state index in [1.54, 1.807) is 0 Å². The highest BCUT2D eigenvalue weighted by Crippen LogP contribution is 2.34. The average Bonchev–Trinajstić information content (AvgIpc) is 3.02. The van der Waals surface area contributed by atoms with Crippen LogP contribution >= 0.6 is 0 Å². The number of carbonyl (C=O) groups excluding carboxylic acids is 1. The summed E-state index contributed by atoms with van der Waals surface area (Å²) in [6.45, 7) is 0. The smallest absolute Gasteiger partial charge is 0.364 e. The van der Waals surface area contributed by atoms with Crippen LogP contribution in [0.25, 0.3) is 28.2 Å². The largest absolute Gasteiger partial charge is 0.418 e. The predicted molar refractivity (Wildman–Crippen MR) is 99.1 cm³/mol. The molecule has 0 atom stereocenters. The van der Waals surface area contributed by atoms with Crippen LogP contribution in [-0.2, 0) is 6.18 Å². The number of fused-ring (bicyclic) bond motifs is 1. The summed E-state index contributed by atoms with van der Waals surface area (Å²) in [5.74, 6) is -1.34. The molecule has 0 saturated heterocycles. The first-order chi connectivity index (χ1) is 14.2. The molecule has 1 aromatic carbocycles. The van der Waals surface area contributed by atoms with Gasteiger partial charge in [-0.05, 0) is 24.3 Å². The average molecular weight is 416 g/mol. The highest BCUT2D eigenvalue weighted by atomic mass is 19.4. The van der Waals surface area contributed by atoms with Crippen LogP contribution in [-0.4, -0.2) is 30.4 Å². The van der Waals surface area contributed by atoms with Crippen LogP contribution in [0.2, 0.25) is 0 Å². The van der Waals surface area contributed by atoms with Crippen molar-refractivity contribution in [1.29, 1.82) is 0 Å². The number of hydrogen-bond donors (Lipinski definition) is 3. The second-order valence-electron chi connectivity index (χ2n) is 6.15. The molecule has 4 rings (SSSR count). The highest BCUT2D eigenvalue weighted by Gasteiger charge is 2.35. The van der Waals surface area contributed by atoms with E-state index in [0.717, 1.165) is 12.1 Å². The molecule has 0 bridgehead atoms. The van der Waals surface area contributed by atoms with Gasteiger partial charge in [-0.1, -0.05) is 12.1 Å². The third-order valence-electron chi connectivity index (χ3n) is 4.28. The van der Waals surface area contributed by atoms with Crippen molar-refractivity contribution in [1.82, 2.24) is 24.5 Å². The van der Waals surface area contributed by atoms with E-state index in [1.807, 2.05) is 0 Å². The molecule has 152 valence electrons. The number of benzene rings is 1. The summed E-state index contributed by atoms with van der Waals surface area (Å²) in [6.07, 6.45) is -3.41. The number of amides is 1. The van der Waals surface area contributed by atoms with E-state index in [4.69, 9.17) is 5.73 Å². The Kier molecular flexibility index (Phi) is 4.26. The van der Waals surface area contributed by atoms with E-state index in [-0.39, 0.29) is 22.6 Å². The number of halogens is 3. The summed E-state index contributed by atoms with van der Waals surface area (Å²) in [6, 6.07) is 7.19. The second kappa shape index (κ2) is 6.69. The molecule has 1 amide bonds. The molecular formula is C18H11F3N6O3. The molecule has 0 aliphatic rings. The van der Waals surface area contributed by atoms with Gasteiger partial charge in [0.05, 0.1) is 16.8 Å². The van der Waals surface area contributed by atoms with Crippen molar-refractivity contribution in [2.24, 2.45) is 5.73 Å². The van der Waals surface area contributed by atoms with Crippen molar-refractivity contribution < 1.29 is 18.0 Å². The van der Waals surface area contributed by atoms with Crippen LogP contribution in [0.1, 0.15) is 16.1 Å². The molecule has 4 aromatic rings. The summed E-state index contributed by atoms with van der Waals surface area (Å²) in [5, 5.41) is 0. The van der Waals surface area contributed by atoms with Gasteiger partial charge in [0.25, 0.3) is 11.5 Å². The second-order valence-corrected chi connectivity index (χ2v) is 6.15. The van der Waals surface area contributed by atoms with Gasteiger partial charge in [0.2, 0.25) is 0 Å². The molecule has 4 N–H and O–H groups in total. The van der Waals surface area contributed by atoms with Gasteiger partial charge in [-0.25, -0.2) is 19.3 Å². The number of imidazole rings is 1. The van der Waals surface area contributed by atoms with Gasteiger partial charge in [-0.2, -0.15) is 13.2 Å². The van der Waals surface area contributed by atoms with E-state index < -0.39 is 40.3 Å². The van der Waals surface area contributed by atoms with E-state index in [2.05, 4.69) is 19.9 Å². The van der Waals surface area contributed by atoms with E-state index >= 15 is 0 Å². The molecule has 0 fully saturated rings. The SMILES string of the molecule is NC(=O)c1nc(-c2ccc[nH]c2=O)nc2c1[nH]c(=O)n2-c1ccccc1C(F)(F)F. The Labute approximate surface area is 164 Å². The zero-order chi connectivity index (χ0) is 21.6. The Balaban J connectivity index is 2.13. The molecule has 0 saturated carbocycles. The fourth-order valence-corrected chi connectivity index (χ4v) is 3.01. The minimum Gasteiger partial charge on any atom is -0.364 e. The molecule has 0 spiro atoms. The van der Waals surface area contributed by atoms with Gasteiger partial charge < -0.3 is 15.7 Å². The van der Waals surface area contributed by atoms with E-state index in [1.165, 1.54) is 30.5 Å². The number of alkyl halides is 3. The van der Waals surface area contributed by atoms with Crippen LogP contribution in [0.5, 0.6) is 0 Å². The Morgan fingerprint density at radius 2 is 1.80 bits per heavy atom. The standard InChI is InChI=1S/C18H11F3N6O3/c19-18(20,21)9-5-1-2-6-10(9)27-15-12(25-17(27)30)11(13(22)28)24-14(26-15)8-4-3-7-23-16(8)29/h1-7H,(H2,22,28)(H,23,29)(H,25,30). The zero-order valence-electron chi connectivity index (χ0n) is 14.8. The number of aromatic amines is 2. The number of nitrogens with one attached hydrogen (secondary N) is 2. The minimum atomic E-state index is -4.77. The van der Waals surface area contributed by atoms with Gasteiger partial charge in [0.1, 0.15) is 5.52 Å². The van der Waals surface area contributed by atoms with Crippen LogP contribution < -0.4 is 17.0 Å². The number of rotatable bonds is 3. The Morgan fingerprint density at radius 3 is 2.47 bits per heavy atom. The lowest BCUT2D eigenvalue weighted by Crippen LogP contribution is -2.20. The first-order valence-corrected chi connectivity index (χ1v) is 8.35. The number of para-hydroxylation sites is 1. The maximum Gasteiger partial charge on any atom is 0.418 e. The number of nitrogens with zero attached hydrogens (tertiary/aromatic N) is 3. The molecule has 0 aliphatic heterocycles. The first kappa shape index (κ1) is 19.1. The lowest BCUT2D eigenvalue weighted by Gasteiger charge is -2.13. The van der Waals surface area contributed by atoms with E-state index in [0.29, 0.717) is 4.57 Å². The lowest BCUT2D eigenvalue weighted by molar-refractivity contribution is -0.137. The number of carbonyl (C=O) groups is 1. The molecule has 12 heteroatoms. The van der Waals surface area contributed by atoms with Crippen LogP contribution in [0.15, 0.2) is 52.2 Å². The lowest BCUT2D eigenvalue weighted by atomic mass is 10.1. The highest BCUT2D eigenvalue weighted by molar-refractivity contribution is 6.02. The monoisotopic (exact) mass is 416 g/mol. The van der Waals surface area contributed by atoms with Crippen molar-refractivity contribution in [2.45, 2.75) is 6.18 Å². The molecule has 30 heavy (non-hydrogen) atoms. The van der Waals surface area contributed by atoms with Gasteiger partial charge in [0, 0.05) is 6.20 Å². The molecule has 9 nitrogen and oxygen atoms in total. The first-order valence-electron chi connectivity index (χ1n) is 8.35. The van der Waals surface area contributed by atoms with Crippen molar-refractivity contribution in [3.05, 3.63) is 74.7 Å². The zero-order valence-corrected chi connectivity index (χ0v) is 14.8. The van der Waals surface area contributed by atoms with Crippen LogP contribution in [0.3, 0.4) is 0 Å². The Hall–Kier alpha value is -4.22. The fraction of sp³-hybridized carbons (Fsp3) is 0.0556.